The topological polar surface area (TPSA) is 130 Å². The van der Waals surface area contributed by atoms with Crippen LogP contribution in [0.25, 0.3) is 0 Å². The molecule has 1 heterocycles. The summed E-state index contributed by atoms with van der Waals surface area (Å²) < 4.78 is 0. The molecule has 176 valence electrons. The zero-order valence-electron chi connectivity index (χ0n) is 19.2. The standard InChI is InChI=1S/C23H24N6O4S/c1-14-11-15(2)25-23(24-14)34-13-16-5-7-17(8-6-16)21(30)26-27-22(31)18-9-10-19(28(3)4)20(12-18)29(32)33/h5-12H,13H2,1-4H3,(H,26,30)(H,27,31). The van der Waals surface area contributed by atoms with Crippen molar-refractivity contribution in [2.24, 2.45) is 0 Å². The van der Waals surface area contributed by atoms with Gasteiger partial charge in [-0.1, -0.05) is 23.9 Å². The first-order valence-electron chi connectivity index (χ1n) is 10.2. The molecule has 0 spiro atoms. The maximum absolute atomic E-state index is 12.4. The van der Waals surface area contributed by atoms with E-state index in [0.29, 0.717) is 22.2 Å². The van der Waals surface area contributed by atoms with Gasteiger partial charge in [0.05, 0.1) is 4.92 Å². The molecule has 34 heavy (non-hydrogen) atoms. The van der Waals surface area contributed by atoms with Crippen molar-refractivity contribution in [3.05, 3.63) is 86.7 Å². The van der Waals surface area contributed by atoms with Crippen molar-refractivity contribution in [3.8, 4) is 0 Å². The molecule has 0 aliphatic heterocycles. The number of hydrogen-bond acceptors (Lipinski definition) is 8. The minimum Gasteiger partial charge on any atom is -0.372 e. The van der Waals surface area contributed by atoms with Gasteiger partial charge in [-0.25, -0.2) is 9.97 Å². The Labute approximate surface area is 200 Å². The zero-order valence-corrected chi connectivity index (χ0v) is 20.0. The van der Waals surface area contributed by atoms with E-state index in [1.807, 2.05) is 32.0 Å². The number of aryl methyl sites for hydroxylation is 2. The van der Waals surface area contributed by atoms with Crippen LogP contribution in [0.5, 0.6) is 0 Å². The first kappa shape index (κ1) is 24.6. The Bertz CT molecular complexity index is 1210. The van der Waals surface area contributed by atoms with Crippen LogP contribution in [-0.2, 0) is 5.75 Å². The van der Waals surface area contributed by atoms with Crippen LogP contribution in [0.15, 0.2) is 53.7 Å². The van der Waals surface area contributed by atoms with Crippen molar-refractivity contribution in [3.63, 3.8) is 0 Å². The van der Waals surface area contributed by atoms with Crippen molar-refractivity contribution in [1.82, 2.24) is 20.8 Å². The number of nitrogens with one attached hydrogen (secondary N) is 2. The lowest BCUT2D eigenvalue weighted by molar-refractivity contribution is -0.384. The second kappa shape index (κ2) is 10.8. The number of carbonyl (C=O) groups is 2. The van der Waals surface area contributed by atoms with Gasteiger partial charge in [0.15, 0.2) is 5.16 Å². The average Bonchev–Trinajstić information content (AvgIpc) is 2.80. The number of thioether (sulfide) groups is 1. The molecule has 1 aromatic heterocycles. The summed E-state index contributed by atoms with van der Waals surface area (Å²) in [5.74, 6) is -0.531. The number of benzene rings is 2. The summed E-state index contributed by atoms with van der Waals surface area (Å²) in [6.07, 6.45) is 0. The molecule has 0 bridgehead atoms. The van der Waals surface area contributed by atoms with E-state index in [9.17, 15) is 19.7 Å². The molecule has 10 nitrogen and oxygen atoms in total. The fraction of sp³-hybridized carbons (Fsp3) is 0.217. The van der Waals surface area contributed by atoms with Gasteiger partial charge in [0, 0.05) is 48.4 Å². The largest absolute Gasteiger partial charge is 0.372 e. The fourth-order valence-electron chi connectivity index (χ4n) is 3.11. The summed E-state index contributed by atoms with van der Waals surface area (Å²) in [6.45, 7) is 3.84. The van der Waals surface area contributed by atoms with E-state index in [0.717, 1.165) is 17.0 Å². The van der Waals surface area contributed by atoms with Gasteiger partial charge >= 0.3 is 0 Å². The van der Waals surface area contributed by atoms with Gasteiger partial charge in [-0.2, -0.15) is 0 Å². The van der Waals surface area contributed by atoms with E-state index in [1.54, 1.807) is 31.1 Å². The molecule has 0 radical (unpaired) electrons. The van der Waals surface area contributed by atoms with E-state index < -0.39 is 16.7 Å². The molecule has 2 aromatic carbocycles. The Morgan fingerprint density at radius 2 is 1.50 bits per heavy atom. The van der Waals surface area contributed by atoms with Crippen LogP contribution >= 0.6 is 11.8 Å². The summed E-state index contributed by atoms with van der Waals surface area (Å²) in [4.78, 5) is 45.9. The highest BCUT2D eigenvalue weighted by Gasteiger charge is 2.19. The lowest BCUT2D eigenvalue weighted by Gasteiger charge is -2.13. The minimum atomic E-state index is -0.664. The van der Waals surface area contributed by atoms with Crippen LogP contribution in [0.3, 0.4) is 0 Å². The number of rotatable bonds is 7. The number of anilines is 1. The summed E-state index contributed by atoms with van der Waals surface area (Å²) >= 11 is 1.50. The SMILES string of the molecule is Cc1cc(C)nc(SCc2ccc(C(=O)NNC(=O)c3ccc(N(C)C)c([N+](=O)[O-])c3)cc2)n1. The second-order valence-corrected chi connectivity index (χ2v) is 8.62. The van der Waals surface area contributed by atoms with E-state index in [1.165, 1.54) is 30.0 Å². The Morgan fingerprint density at radius 3 is 2.06 bits per heavy atom. The number of hydrogen-bond donors (Lipinski definition) is 2. The fourth-order valence-corrected chi connectivity index (χ4v) is 4.01. The molecular formula is C23H24N6O4S. The summed E-state index contributed by atoms with van der Waals surface area (Å²) in [5.41, 5.74) is 7.99. The van der Waals surface area contributed by atoms with Gasteiger partial charge in [-0.05, 0) is 49.7 Å². The predicted molar refractivity (Wildman–Crippen MR) is 130 cm³/mol. The monoisotopic (exact) mass is 480 g/mol. The molecule has 0 unspecified atom stereocenters. The van der Waals surface area contributed by atoms with Gasteiger partial charge in [0.1, 0.15) is 5.69 Å². The van der Waals surface area contributed by atoms with E-state index >= 15 is 0 Å². The molecule has 11 heteroatoms. The molecule has 3 rings (SSSR count). The van der Waals surface area contributed by atoms with Gasteiger partial charge in [0.2, 0.25) is 0 Å². The van der Waals surface area contributed by atoms with Crippen molar-refractivity contribution < 1.29 is 14.5 Å². The number of nitrogens with zero attached hydrogens (tertiary/aromatic N) is 4. The Balaban J connectivity index is 1.58. The first-order chi connectivity index (χ1) is 16.1. The summed E-state index contributed by atoms with van der Waals surface area (Å²) in [6, 6.07) is 12.9. The molecule has 0 aliphatic rings. The molecule has 0 saturated heterocycles. The molecule has 3 aromatic rings. The van der Waals surface area contributed by atoms with Crippen LogP contribution in [-0.4, -0.2) is 40.8 Å². The van der Waals surface area contributed by atoms with Crippen LogP contribution in [0.4, 0.5) is 11.4 Å². The third-order valence-electron chi connectivity index (χ3n) is 4.75. The van der Waals surface area contributed by atoms with Gasteiger partial charge < -0.3 is 4.90 Å². The number of amides is 2. The number of nitro benzene ring substituents is 1. The maximum atomic E-state index is 12.4. The Kier molecular flexibility index (Phi) is 7.79. The molecule has 2 N–H and O–H groups in total. The molecule has 0 fully saturated rings. The smallest absolute Gasteiger partial charge is 0.293 e. The van der Waals surface area contributed by atoms with Crippen molar-refractivity contribution in [1.29, 1.82) is 0 Å². The second-order valence-electron chi connectivity index (χ2n) is 7.68. The zero-order chi connectivity index (χ0) is 24.8. The predicted octanol–water partition coefficient (Wildman–Crippen LogP) is 3.43. The van der Waals surface area contributed by atoms with Crippen LogP contribution < -0.4 is 15.8 Å². The minimum absolute atomic E-state index is 0.0542. The van der Waals surface area contributed by atoms with E-state index in [4.69, 9.17) is 0 Å². The summed E-state index contributed by atoms with van der Waals surface area (Å²) in [5, 5.41) is 12.0. The van der Waals surface area contributed by atoms with Gasteiger partial charge in [0.25, 0.3) is 17.5 Å². The average molecular weight is 481 g/mol. The highest BCUT2D eigenvalue weighted by molar-refractivity contribution is 7.98. The van der Waals surface area contributed by atoms with E-state index in [2.05, 4.69) is 20.8 Å². The summed E-state index contributed by atoms with van der Waals surface area (Å²) in [7, 11) is 3.34. The van der Waals surface area contributed by atoms with Crippen molar-refractivity contribution >= 4 is 35.0 Å². The van der Waals surface area contributed by atoms with Crippen LogP contribution in [0.1, 0.15) is 37.7 Å². The number of nitro groups is 1. The Morgan fingerprint density at radius 1 is 0.941 bits per heavy atom. The molecule has 0 aliphatic carbocycles. The third kappa shape index (κ3) is 6.29. The molecule has 0 atom stereocenters. The van der Waals surface area contributed by atoms with Crippen molar-refractivity contribution in [2.45, 2.75) is 24.8 Å². The van der Waals surface area contributed by atoms with Gasteiger partial charge in [-0.3, -0.25) is 30.6 Å². The first-order valence-corrected chi connectivity index (χ1v) is 11.2. The van der Waals surface area contributed by atoms with Crippen LogP contribution in [0.2, 0.25) is 0 Å². The lowest BCUT2D eigenvalue weighted by Crippen LogP contribution is -2.41. The van der Waals surface area contributed by atoms with E-state index in [-0.39, 0.29) is 11.3 Å². The normalized spacial score (nSPS) is 10.5. The van der Waals surface area contributed by atoms with Crippen LogP contribution in [0, 0.1) is 24.0 Å². The number of aromatic nitrogens is 2. The molecule has 0 saturated carbocycles. The highest BCUT2D eigenvalue weighted by Crippen LogP contribution is 2.27. The molecule has 2 amide bonds. The number of carbonyl (C=O) groups excluding carboxylic acids is 2. The molecular weight excluding hydrogens is 456 g/mol. The maximum Gasteiger partial charge on any atom is 0.293 e. The third-order valence-corrected chi connectivity index (χ3v) is 5.67. The number of hydrazine groups is 1. The Hall–Kier alpha value is -3.99. The quantitative estimate of drug-likeness (QED) is 0.228. The lowest BCUT2D eigenvalue weighted by atomic mass is 10.1. The van der Waals surface area contributed by atoms with Gasteiger partial charge in [-0.15, -0.1) is 0 Å². The van der Waals surface area contributed by atoms with Crippen molar-refractivity contribution in [2.75, 3.05) is 19.0 Å². The highest BCUT2D eigenvalue weighted by atomic mass is 32.2.